The van der Waals surface area contributed by atoms with Gasteiger partial charge in [0.1, 0.15) is 0 Å². The van der Waals surface area contributed by atoms with Crippen LogP contribution in [0.2, 0.25) is 0 Å². The number of amides is 1. The van der Waals surface area contributed by atoms with E-state index in [1.807, 2.05) is 12.4 Å². The summed E-state index contributed by atoms with van der Waals surface area (Å²) in [7, 11) is 0. The van der Waals surface area contributed by atoms with Gasteiger partial charge in [0.2, 0.25) is 5.91 Å². The summed E-state index contributed by atoms with van der Waals surface area (Å²) in [4.78, 5) is 17.3. The number of carbonyl (C=O) groups excluding carboxylic acids is 1. The lowest BCUT2D eigenvalue weighted by Gasteiger charge is -2.33. The number of hydrogen-bond donors (Lipinski definition) is 1. The van der Waals surface area contributed by atoms with Crippen molar-refractivity contribution in [3.05, 3.63) is 24.5 Å². The number of pyridine rings is 1. The zero-order chi connectivity index (χ0) is 12.8. The molecule has 0 aromatic carbocycles. The van der Waals surface area contributed by atoms with Gasteiger partial charge in [0.05, 0.1) is 0 Å². The van der Waals surface area contributed by atoms with Gasteiger partial charge in [-0.05, 0) is 37.3 Å². The lowest BCUT2D eigenvalue weighted by Crippen LogP contribution is -2.35. The van der Waals surface area contributed by atoms with Crippen LogP contribution in [0.1, 0.15) is 26.2 Å². The molecule has 0 radical (unpaired) electrons. The van der Waals surface area contributed by atoms with Crippen molar-refractivity contribution in [2.24, 2.45) is 5.92 Å². The van der Waals surface area contributed by atoms with Crippen molar-refractivity contribution in [1.82, 2.24) is 10.3 Å². The molecule has 1 fully saturated rings. The van der Waals surface area contributed by atoms with Gasteiger partial charge in [0, 0.05) is 44.6 Å². The average Bonchev–Trinajstić information content (AvgIpc) is 2.40. The van der Waals surface area contributed by atoms with Crippen LogP contribution in [0.5, 0.6) is 0 Å². The Kier molecular flexibility index (Phi) is 4.56. The Balaban J connectivity index is 1.73. The molecule has 0 spiro atoms. The second-order valence-corrected chi connectivity index (χ2v) is 4.91. The first-order valence-corrected chi connectivity index (χ1v) is 6.65. The largest absolute Gasteiger partial charge is 0.371 e. The molecule has 4 nitrogen and oxygen atoms in total. The Hall–Kier alpha value is -1.58. The number of nitrogens with one attached hydrogen (secondary N) is 1. The minimum atomic E-state index is 0.0734. The second kappa shape index (κ2) is 6.38. The van der Waals surface area contributed by atoms with Gasteiger partial charge >= 0.3 is 0 Å². The molecule has 2 rings (SSSR count). The monoisotopic (exact) mass is 247 g/mol. The topological polar surface area (TPSA) is 45.2 Å². The van der Waals surface area contributed by atoms with E-state index in [0.29, 0.717) is 0 Å². The van der Waals surface area contributed by atoms with E-state index < -0.39 is 0 Å². The maximum Gasteiger partial charge on any atom is 0.216 e. The molecule has 0 unspecified atom stereocenters. The van der Waals surface area contributed by atoms with Gasteiger partial charge in [-0.15, -0.1) is 0 Å². The van der Waals surface area contributed by atoms with Crippen LogP contribution in [0.25, 0.3) is 0 Å². The highest BCUT2D eigenvalue weighted by Gasteiger charge is 2.18. The van der Waals surface area contributed by atoms with Crippen molar-refractivity contribution in [2.75, 3.05) is 24.5 Å². The van der Waals surface area contributed by atoms with Crippen LogP contribution < -0.4 is 10.2 Å². The summed E-state index contributed by atoms with van der Waals surface area (Å²) in [5.74, 6) is 0.819. The van der Waals surface area contributed by atoms with Gasteiger partial charge in [-0.3, -0.25) is 9.78 Å². The number of rotatable bonds is 4. The molecule has 0 atom stereocenters. The summed E-state index contributed by atoms with van der Waals surface area (Å²) in [5.41, 5.74) is 1.27. The molecular weight excluding hydrogens is 226 g/mol. The molecule has 4 heteroatoms. The van der Waals surface area contributed by atoms with Crippen molar-refractivity contribution in [3.63, 3.8) is 0 Å². The molecule has 1 aromatic rings. The fraction of sp³-hybridized carbons (Fsp3) is 0.571. The first-order chi connectivity index (χ1) is 8.75. The van der Waals surface area contributed by atoms with E-state index in [-0.39, 0.29) is 5.91 Å². The molecule has 1 N–H and O–H groups in total. The van der Waals surface area contributed by atoms with E-state index in [1.54, 1.807) is 6.92 Å². The summed E-state index contributed by atoms with van der Waals surface area (Å²) in [6.45, 7) is 4.60. The van der Waals surface area contributed by atoms with Crippen molar-refractivity contribution < 1.29 is 4.79 Å². The van der Waals surface area contributed by atoms with Gasteiger partial charge in [-0.25, -0.2) is 0 Å². The molecule has 1 aromatic heterocycles. The maximum absolute atomic E-state index is 10.8. The van der Waals surface area contributed by atoms with Crippen LogP contribution in [0.15, 0.2) is 24.5 Å². The van der Waals surface area contributed by atoms with Crippen LogP contribution in [-0.2, 0) is 4.79 Å². The summed E-state index contributed by atoms with van der Waals surface area (Å²) in [6.07, 6.45) is 7.21. The van der Waals surface area contributed by atoms with Crippen molar-refractivity contribution in [2.45, 2.75) is 26.2 Å². The third kappa shape index (κ3) is 3.72. The normalized spacial score (nSPS) is 16.6. The fourth-order valence-electron chi connectivity index (χ4n) is 2.49. The quantitative estimate of drug-likeness (QED) is 0.882. The van der Waals surface area contributed by atoms with E-state index in [0.717, 1.165) is 32.0 Å². The minimum Gasteiger partial charge on any atom is -0.371 e. The van der Waals surface area contributed by atoms with E-state index in [4.69, 9.17) is 0 Å². The van der Waals surface area contributed by atoms with Gasteiger partial charge in [-0.2, -0.15) is 0 Å². The number of carbonyl (C=O) groups is 1. The third-order valence-corrected chi connectivity index (χ3v) is 3.57. The molecule has 1 saturated heterocycles. The zero-order valence-electron chi connectivity index (χ0n) is 10.9. The van der Waals surface area contributed by atoms with Crippen molar-refractivity contribution in [1.29, 1.82) is 0 Å². The van der Waals surface area contributed by atoms with Gasteiger partial charge < -0.3 is 10.2 Å². The van der Waals surface area contributed by atoms with E-state index >= 15 is 0 Å². The molecule has 98 valence electrons. The Morgan fingerprint density at radius 2 is 2.06 bits per heavy atom. The first-order valence-electron chi connectivity index (χ1n) is 6.65. The van der Waals surface area contributed by atoms with Crippen molar-refractivity contribution in [3.8, 4) is 0 Å². The Morgan fingerprint density at radius 3 is 2.67 bits per heavy atom. The number of hydrogen-bond acceptors (Lipinski definition) is 3. The molecule has 2 heterocycles. The third-order valence-electron chi connectivity index (χ3n) is 3.57. The van der Waals surface area contributed by atoms with E-state index in [1.165, 1.54) is 18.5 Å². The number of anilines is 1. The summed E-state index contributed by atoms with van der Waals surface area (Å²) >= 11 is 0. The second-order valence-electron chi connectivity index (χ2n) is 4.91. The molecule has 1 aliphatic rings. The SMILES string of the molecule is CC(=O)NCCC1CCN(c2ccncc2)CC1. The average molecular weight is 247 g/mol. The maximum atomic E-state index is 10.8. The molecular formula is C14H21N3O. The number of piperidine rings is 1. The zero-order valence-corrected chi connectivity index (χ0v) is 10.9. The van der Waals surface area contributed by atoms with Crippen LogP contribution in [-0.4, -0.2) is 30.5 Å². The highest BCUT2D eigenvalue weighted by atomic mass is 16.1. The fourth-order valence-corrected chi connectivity index (χ4v) is 2.49. The van der Waals surface area contributed by atoms with Crippen LogP contribution >= 0.6 is 0 Å². The smallest absolute Gasteiger partial charge is 0.216 e. The van der Waals surface area contributed by atoms with Gasteiger partial charge in [-0.1, -0.05) is 0 Å². The Labute approximate surface area is 108 Å². The van der Waals surface area contributed by atoms with E-state index in [2.05, 4.69) is 27.3 Å². The van der Waals surface area contributed by atoms with Gasteiger partial charge in [0.15, 0.2) is 0 Å². The van der Waals surface area contributed by atoms with Crippen LogP contribution in [0, 0.1) is 5.92 Å². The molecule has 18 heavy (non-hydrogen) atoms. The predicted molar refractivity (Wildman–Crippen MR) is 72.5 cm³/mol. The Bertz CT molecular complexity index is 372. The number of nitrogens with zero attached hydrogens (tertiary/aromatic N) is 2. The highest BCUT2D eigenvalue weighted by Crippen LogP contribution is 2.24. The van der Waals surface area contributed by atoms with Crippen molar-refractivity contribution >= 4 is 11.6 Å². The van der Waals surface area contributed by atoms with Crippen LogP contribution in [0.4, 0.5) is 5.69 Å². The van der Waals surface area contributed by atoms with Crippen LogP contribution in [0.3, 0.4) is 0 Å². The summed E-state index contributed by atoms with van der Waals surface area (Å²) in [5, 5.41) is 2.87. The lowest BCUT2D eigenvalue weighted by atomic mass is 9.93. The molecule has 1 aliphatic heterocycles. The first kappa shape index (κ1) is 12.9. The highest BCUT2D eigenvalue weighted by molar-refractivity contribution is 5.72. The number of aromatic nitrogens is 1. The lowest BCUT2D eigenvalue weighted by molar-refractivity contribution is -0.119. The van der Waals surface area contributed by atoms with Gasteiger partial charge in [0.25, 0.3) is 0 Å². The Morgan fingerprint density at radius 1 is 1.39 bits per heavy atom. The minimum absolute atomic E-state index is 0.0734. The summed E-state index contributed by atoms with van der Waals surface area (Å²) < 4.78 is 0. The molecule has 0 aliphatic carbocycles. The molecule has 1 amide bonds. The molecule has 0 bridgehead atoms. The predicted octanol–water partition coefficient (Wildman–Crippen LogP) is 1.82. The standard InChI is InChI=1S/C14H21N3O/c1-12(18)16-9-2-13-5-10-17(11-6-13)14-3-7-15-8-4-14/h3-4,7-8,13H,2,5-6,9-11H2,1H3,(H,16,18). The summed E-state index contributed by atoms with van der Waals surface area (Å²) in [6, 6.07) is 4.13. The van der Waals surface area contributed by atoms with E-state index in [9.17, 15) is 4.79 Å². The molecule has 0 saturated carbocycles.